The molecule has 3 aromatic rings. The van der Waals surface area contributed by atoms with E-state index < -0.39 is 0 Å². The van der Waals surface area contributed by atoms with Crippen molar-refractivity contribution in [2.45, 2.75) is 13.0 Å². The summed E-state index contributed by atoms with van der Waals surface area (Å²) >= 11 is 0. The molecule has 138 valence electrons. The average molecular weight is 366 g/mol. The SMILES string of the molecule is COc1cc2nncc(N3CCc4c(cccc4[N+](=O)[O-])C3)c2cc1OC. The van der Waals surface area contributed by atoms with Gasteiger partial charge in [0.1, 0.15) is 0 Å². The van der Waals surface area contributed by atoms with E-state index in [4.69, 9.17) is 9.47 Å². The maximum Gasteiger partial charge on any atom is 0.272 e. The molecule has 0 saturated heterocycles. The fourth-order valence-corrected chi connectivity index (χ4v) is 3.59. The molecular weight excluding hydrogens is 348 g/mol. The van der Waals surface area contributed by atoms with Crippen molar-refractivity contribution in [2.24, 2.45) is 0 Å². The number of benzene rings is 2. The Morgan fingerprint density at radius 2 is 1.96 bits per heavy atom. The lowest BCUT2D eigenvalue weighted by Crippen LogP contribution is -2.31. The summed E-state index contributed by atoms with van der Waals surface area (Å²) in [5, 5.41) is 20.5. The van der Waals surface area contributed by atoms with Crippen molar-refractivity contribution < 1.29 is 14.4 Å². The Kier molecular flexibility index (Phi) is 4.23. The second kappa shape index (κ2) is 6.71. The highest BCUT2D eigenvalue weighted by molar-refractivity contribution is 5.93. The van der Waals surface area contributed by atoms with E-state index in [1.807, 2.05) is 12.1 Å². The molecule has 0 saturated carbocycles. The molecule has 0 aliphatic carbocycles. The highest BCUT2D eigenvalue weighted by atomic mass is 16.6. The smallest absolute Gasteiger partial charge is 0.272 e. The zero-order valence-corrected chi connectivity index (χ0v) is 15.0. The highest BCUT2D eigenvalue weighted by Gasteiger charge is 2.25. The van der Waals surface area contributed by atoms with Crippen molar-refractivity contribution >= 4 is 22.3 Å². The van der Waals surface area contributed by atoms with E-state index in [2.05, 4.69) is 15.1 Å². The van der Waals surface area contributed by atoms with Crippen LogP contribution in [0, 0.1) is 10.1 Å². The summed E-state index contributed by atoms with van der Waals surface area (Å²) in [6.07, 6.45) is 2.32. The van der Waals surface area contributed by atoms with Gasteiger partial charge in [-0.1, -0.05) is 12.1 Å². The lowest BCUT2D eigenvalue weighted by molar-refractivity contribution is -0.385. The number of aromatic nitrogens is 2. The van der Waals surface area contributed by atoms with Crippen LogP contribution in [0.25, 0.3) is 10.9 Å². The fourth-order valence-electron chi connectivity index (χ4n) is 3.59. The third-order valence-electron chi connectivity index (χ3n) is 4.90. The Hall–Kier alpha value is -3.42. The largest absolute Gasteiger partial charge is 0.493 e. The molecular formula is C19H18N4O4. The fraction of sp³-hybridized carbons (Fsp3) is 0.263. The van der Waals surface area contributed by atoms with E-state index in [0.717, 1.165) is 22.2 Å². The predicted octanol–water partition coefficient (Wildman–Crippen LogP) is 3.12. The zero-order chi connectivity index (χ0) is 19.0. The molecule has 0 atom stereocenters. The summed E-state index contributed by atoms with van der Waals surface area (Å²) in [4.78, 5) is 13.1. The van der Waals surface area contributed by atoms with Crippen molar-refractivity contribution in [1.29, 1.82) is 0 Å². The number of hydrogen-bond donors (Lipinski definition) is 0. The Bertz CT molecular complexity index is 1040. The van der Waals surface area contributed by atoms with Gasteiger partial charge in [-0.3, -0.25) is 10.1 Å². The first kappa shape index (κ1) is 17.0. The van der Waals surface area contributed by atoms with Gasteiger partial charge >= 0.3 is 0 Å². The Labute approximate surface area is 155 Å². The number of nitro groups is 1. The molecule has 4 rings (SSSR count). The number of ether oxygens (including phenoxy) is 2. The van der Waals surface area contributed by atoms with Crippen molar-refractivity contribution in [3.8, 4) is 11.5 Å². The number of methoxy groups -OCH3 is 2. The van der Waals surface area contributed by atoms with Gasteiger partial charge in [0.05, 0.1) is 36.5 Å². The second-order valence-corrected chi connectivity index (χ2v) is 6.30. The van der Waals surface area contributed by atoms with E-state index in [1.165, 1.54) is 0 Å². The summed E-state index contributed by atoms with van der Waals surface area (Å²) in [5.41, 5.74) is 3.58. The van der Waals surface area contributed by atoms with Crippen molar-refractivity contribution in [3.05, 3.63) is 57.8 Å². The molecule has 8 nitrogen and oxygen atoms in total. The minimum atomic E-state index is -0.310. The van der Waals surface area contributed by atoms with Gasteiger partial charge in [0.25, 0.3) is 5.69 Å². The van der Waals surface area contributed by atoms with E-state index in [9.17, 15) is 10.1 Å². The number of rotatable bonds is 4. The molecule has 0 fully saturated rings. The topological polar surface area (TPSA) is 90.6 Å². The van der Waals surface area contributed by atoms with E-state index in [-0.39, 0.29) is 10.6 Å². The molecule has 0 N–H and O–H groups in total. The van der Waals surface area contributed by atoms with Crippen LogP contribution in [0.5, 0.6) is 11.5 Å². The van der Waals surface area contributed by atoms with Crippen LogP contribution in [0.3, 0.4) is 0 Å². The van der Waals surface area contributed by atoms with Crippen LogP contribution in [0.4, 0.5) is 11.4 Å². The van der Waals surface area contributed by atoms with E-state index in [0.29, 0.717) is 36.5 Å². The van der Waals surface area contributed by atoms with Gasteiger partial charge in [0, 0.05) is 36.2 Å². The summed E-state index contributed by atoms with van der Waals surface area (Å²) in [6.45, 7) is 1.24. The van der Waals surface area contributed by atoms with Gasteiger partial charge in [0.2, 0.25) is 0 Å². The number of hydrogen-bond acceptors (Lipinski definition) is 7. The Morgan fingerprint density at radius 3 is 2.70 bits per heavy atom. The molecule has 27 heavy (non-hydrogen) atoms. The quantitative estimate of drug-likeness (QED) is 0.517. The molecule has 8 heteroatoms. The normalized spacial score (nSPS) is 13.3. The molecule has 2 heterocycles. The van der Waals surface area contributed by atoms with Crippen LogP contribution in [0.15, 0.2) is 36.5 Å². The summed E-state index contributed by atoms with van der Waals surface area (Å²) in [6, 6.07) is 8.93. The van der Waals surface area contributed by atoms with Crippen molar-refractivity contribution in [2.75, 3.05) is 25.7 Å². The number of fused-ring (bicyclic) bond motifs is 2. The maximum absolute atomic E-state index is 11.3. The van der Waals surface area contributed by atoms with Crippen molar-refractivity contribution in [1.82, 2.24) is 10.2 Å². The van der Waals surface area contributed by atoms with Gasteiger partial charge in [-0.05, 0) is 18.1 Å². The average Bonchev–Trinajstić information content (AvgIpc) is 2.71. The minimum absolute atomic E-state index is 0.191. The highest BCUT2D eigenvalue weighted by Crippen LogP contribution is 2.37. The van der Waals surface area contributed by atoms with E-state index >= 15 is 0 Å². The van der Waals surface area contributed by atoms with Crippen LogP contribution >= 0.6 is 0 Å². The molecule has 1 aromatic heterocycles. The number of anilines is 1. The Balaban J connectivity index is 1.77. The molecule has 0 spiro atoms. The van der Waals surface area contributed by atoms with Gasteiger partial charge in [-0.2, -0.15) is 10.2 Å². The molecule has 0 radical (unpaired) electrons. The van der Waals surface area contributed by atoms with E-state index in [1.54, 1.807) is 38.6 Å². The third kappa shape index (κ3) is 2.88. The zero-order valence-electron chi connectivity index (χ0n) is 15.0. The minimum Gasteiger partial charge on any atom is -0.493 e. The predicted molar refractivity (Wildman–Crippen MR) is 100 cm³/mol. The third-order valence-corrected chi connectivity index (χ3v) is 4.90. The monoisotopic (exact) mass is 366 g/mol. The molecule has 1 aliphatic rings. The first-order chi connectivity index (χ1) is 13.1. The van der Waals surface area contributed by atoms with Crippen LogP contribution in [-0.4, -0.2) is 35.9 Å². The van der Waals surface area contributed by atoms with Crippen LogP contribution < -0.4 is 14.4 Å². The number of nitro benzene ring substituents is 1. The second-order valence-electron chi connectivity index (χ2n) is 6.30. The summed E-state index contributed by atoms with van der Waals surface area (Å²) < 4.78 is 10.8. The van der Waals surface area contributed by atoms with Gasteiger partial charge < -0.3 is 14.4 Å². The molecule has 2 aromatic carbocycles. The lowest BCUT2D eigenvalue weighted by Gasteiger charge is -2.31. The standard InChI is InChI=1S/C19H18N4O4/c1-26-18-8-14-15(9-19(18)27-2)21-20-10-17(14)22-7-6-13-12(11-22)4-3-5-16(13)23(24)25/h3-5,8-10H,6-7,11H2,1-2H3. The summed E-state index contributed by atoms with van der Waals surface area (Å²) in [5.74, 6) is 1.21. The van der Waals surface area contributed by atoms with Gasteiger partial charge in [-0.25, -0.2) is 0 Å². The Morgan fingerprint density at radius 1 is 1.19 bits per heavy atom. The van der Waals surface area contributed by atoms with Crippen LogP contribution in [0.1, 0.15) is 11.1 Å². The summed E-state index contributed by atoms with van der Waals surface area (Å²) in [7, 11) is 3.17. The maximum atomic E-state index is 11.3. The first-order valence-corrected chi connectivity index (χ1v) is 8.50. The van der Waals surface area contributed by atoms with Crippen molar-refractivity contribution in [3.63, 3.8) is 0 Å². The molecule has 1 aliphatic heterocycles. The van der Waals surface area contributed by atoms with Gasteiger partial charge in [0.15, 0.2) is 11.5 Å². The van der Waals surface area contributed by atoms with Crippen LogP contribution in [-0.2, 0) is 13.0 Å². The molecule has 0 amide bonds. The van der Waals surface area contributed by atoms with Gasteiger partial charge in [-0.15, -0.1) is 0 Å². The first-order valence-electron chi connectivity index (χ1n) is 8.50. The number of nitrogens with zero attached hydrogens (tertiary/aromatic N) is 4. The van der Waals surface area contributed by atoms with Crippen LogP contribution in [0.2, 0.25) is 0 Å². The molecule has 0 bridgehead atoms. The lowest BCUT2D eigenvalue weighted by atomic mass is 9.97. The molecule has 0 unspecified atom stereocenters.